The molecule has 1 aromatic heterocycles. The van der Waals surface area contributed by atoms with Crippen LogP contribution < -0.4 is 5.32 Å². The molecule has 118 valence electrons. The van der Waals surface area contributed by atoms with Gasteiger partial charge < -0.3 is 5.32 Å². The summed E-state index contributed by atoms with van der Waals surface area (Å²) in [4.78, 5) is 0.332. The van der Waals surface area contributed by atoms with Crippen molar-refractivity contribution in [3.05, 3.63) is 36.5 Å². The first-order valence-corrected chi connectivity index (χ1v) is 9.54. The summed E-state index contributed by atoms with van der Waals surface area (Å²) in [5.74, 6) is 0.957. The van der Waals surface area contributed by atoms with E-state index in [9.17, 15) is 8.42 Å². The van der Waals surface area contributed by atoms with Crippen molar-refractivity contribution < 1.29 is 8.42 Å². The lowest BCUT2D eigenvalue weighted by Crippen LogP contribution is -2.15. The number of aromatic nitrogens is 2. The maximum absolute atomic E-state index is 11.5. The Bertz CT molecular complexity index is 729. The average Bonchev–Trinajstić information content (AvgIpc) is 2.96. The first-order chi connectivity index (χ1) is 10.5. The summed E-state index contributed by atoms with van der Waals surface area (Å²) in [6, 6.07) is 9.24. The fourth-order valence-corrected chi connectivity index (χ4v) is 3.59. The molecule has 22 heavy (non-hydrogen) atoms. The largest absolute Gasteiger partial charge is 0.340 e. The van der Waals surface area contributed by atoms with E-state index < -0.39 is 9.84 Å². The minimum atomic E-state index is -3.15. The maximum Gasteiger partial charge on any atom is 0.175 e. The molecule has 1 aromatic carbocycles. The molecule has 5 nitrogen and oxygen atoms in total. The molecule has 2 aromatic rings. The smallest absolute Gasteiger partial charge is 0.175 e. The molecule has 0 amide bonds. The second kappa shape index (κ2) is 6.12. The van der Waals surface area contributed by atoms with Crippen LogP contribution in [0.5, 0.6) is 0 Å². The molecule has 0 atom stereocenters. The number of sulfone groups is 1. The van der Waals surface area contributed by atoms with Crippen LogP contribution in [0.25, 0.3) is 0 Å². The second-order valence-electron chi connectivity index (χ2n) is 5.87. The highest BCUT2D eigenvalue weighted by atomic mass is 32.2. The minimum absolute atomic E-state index is 0.332. The summed E-state index contributed by atoms with van der Waals surface area (Å²) in [6.07, 6.45) is 9.19. The Labute approximate surface area is 131 Å². The summed E-state index contributed by atoms with van der Waals surface area (Å²) in [6.45, 7) is 0. The van der Waals surface area contributed by atoms with Gasteiger partial charge in [0.1, 0.15) is 5.82 Å². The first-order valence-electron chi connectivity index (χ1n) is 7.65. The highest BCUT2D eigenvalue weighted by Gasteiger charge is 2.18. The van der Waals surface area contributed by atoms with Crippen molar-refractivity contribution in [2.24, 2.45) is 0 Å². The van der Waals surface area contributed by atoms with Gasteiger partial charge in [0.05, 0.1) is 17.1 Å². The lowest BCUT2D eigenvalue weighted by atomic mass is 9.96. The standard InChI is InChI=1S/C16H21N3O2S/c1-22(20,21)15-9-7-13(8-10-15)18-16-11-12-17-19(16)14-5-3-2-4-6-14/h7-12,14,18H,2-6H2,1H3. The van der Waals surface area contributed by atoms with Crippen LogP contribution in [0.3, 0.4) is 0 Å². The topological polar surface area (TPSA) is 64.0 Å². The Kier molecular flexibility index (Phi) is 4.20. The van der Waals surface area contributed by atoms with Crippen molar-refractivity contribution in [1.82, 2.24) is 9.78 Å². The lowest BCUT2D eigenvalue weighted by Gasteiger charge is -2.24. The molecule has 1 heterocycles. The third-order valence-corrected chi connectivity index (χ3v) is 5.27. The predicted molar refractivity (Wildman–Crippen MR) is 87.2 cm³/mol. The van der Waals surface area contributed by atoms with Gasteiger partial charge in [0, 0.05) is 18.0 Å². The number of nitrogens with one attached hydrogen (secondary N) is 1. The van der Waals surface area contributed by atoms with Gasteiger partial charge in [-0.3, -0.25) is 0 Å². The van der Waals surface area contributed by atoms with E-state index >= 15 is 0 Å². The van der Waals surface area contributed by atoms with Crippen LogP contribution in [0.1, 0.15) is 38.1 Å². The maximum atomic E-state index is 11.5. The number of anilines is 2. The van der Waals surface area contributed by atoms with Crippen LogP contribution in [-0.4, -0.2) is 24.5 Å². The van der Waals surface area contributed by atoms with E-state index in [-0.39, 0.29) is 0 Å². The summed E-state index contributed by atoms with van der Waals surface area (Å²) in [7, 11) is -3.15. The van der Waals surface area contributed by atoms with Crippen LogP contribution >= 0.6 is 0 Å². The van der Waals surface area contributed by atoms with Crippen LogP contribution in [0.15, 0.2) is 41.4 Å². The third kappa shape index (κ3) is 3.32. The third-order valence-electron chi connectivity index (χ3n) is 4.15. The average molecular weight is 319 g/mol. The van der Waals surface area contributed by atoms with Crippen LogP contribution in [0.4, 0.5) is 11.5 Å². The highest BCUT2D eigenvalue weighted by molar-refractivity contribution is 7.90. The van der Waals surface area contributed by atoms with E-state index in [1.807, 2.05) is 12.3 Å². The van der Waals surface area contributed by atoms with Gasteiger partial charge in [-0.05, 0) is 37.1 Å². The predicted octanol–water partition coefficient (Wildman–Crippen LogP) is 3.54. The molecule has 1 aliphatic carbocycles. The Morgan fingerprint density at radius 1 is 1.09 bits per heavy atom. The van der Waals surface area contributed by atoms with Crippen molar-refractivity contribution in [2.45, 2.75) is 43.0 Å². The van der Waals surface area contributed by atoms with Crippen molar-refractivity contribution in [2.75, 3.05) is 11.6 Å². The zero-order valence-corrected chi connectivity index (χ0v) is 13.5. The highest BCUT2D eigenvalue weighted by Crippen LogP contribution is 2.31. The van der Waals surface area contributed by atoms with Gasteiger partial charge in [-0.25, -0.2) is 13.1 Å². The Hall–Kier alpha value is -1.82. The van der Waals surface area contributed by atoms with E-state index in [2.05, 4.69) is 15.1 Å². The minimum Gasteiger partial charge on any atom is -0.340 e. The molecular weight excluding hydrogens is 298 g/mol. The first kappa shape index (κ1) is 15.1. The van der Waals surface area contributed by atoms with E-state index in [1.165, 1.54) is 38.4 Å². The quantitative estimate of drug-likeness (QED) is 0.936. The second-order valence-corrected chi connectivity index (χ2v) is 7.89. The Morgan fingerprint density at radius 3 is 2.41 bits per heavy atom. The summed E-state index contributed by atoms with van der Waals surface area (Å²) >= 11 is 0. The number of nitrogens with zero attached hydrogens (tertiary/aromatic N) is 2. The van der Waals surface area contributed by atoms with Crippen molar-refractivity contribution in [3.63, 3.8) is 0 Å². The van der Waals surface area contributed by atoms with Crippen molar-refractivity contribution in [3.8, 4) is 0 Å². The van der Waals surface area contributed by atoms with Crippen LogP contribution in [0, 0.1) is 0 Å². The van der Waals surface area contributed by atoms with Crippen LogP contribution in [-0.2, 0) is 9.84 Å². The summed E-state index contributed by atoms with van der Waals surface area (Å²) < 4.78 is 25.0. The number of hydrogen-bond donors (Lipinski definition) is 1. The van der Waals surface area contributed by atoms with Gasteiger partial charge in [-0.1, -0.05) is 19.3 Å². The number of rotatable bonds is 4. The molecule has 1 saturated carbocycles. The normalized spacial score (nSPS) is 16.6. The molecule has 1 aliphatic rings. The summed E-state index contributed by atoms with van der Waals surface area (Å²) in [5, 5.41) is 7.79. The molecule has 0 radical (unpaired) electrons. The van der Waals surface area contributed by atoms with Gasteiger partial charge in [0.15, 0.2) is 9.84 Å². The molecule has 3 rings (SSSR count). The van der Waals surface area contributed by atoms with Gasteiger partial charge >= 0.3 is 0 Å². The monoisotopic (exact) mass is 319 g/mol. The van der Waals surface area contributed by atoms with E-state index in [0.717, 1.165) is 11.5 Å². The van der Waals surface area contributed by atoms with E-state index in [0.29, 0.717) is 10.9 Å². The molecule has 6 heteroatoms. The number of hydrogen-bond acceptors (Lipinski definition) is 4. The summed E-state index contributed by atoms with van der Waals surface area (Å²) in [5.41, 5.74) is 0.866. The van der Waals surface area contributed by atoms with Crippen molar-refractivity contribution >= 4 is 21.3 Å². The molecule has 0 unspecified atom stereocenters. The Balaban J connectivity index is 1.77. The Morgan fingerprint density at radius 2 is 1.77 bits per heavy atom. The molecule has 0 spiro atoms. The molecule has 0 bridgehead atoms. The van der Waals surface area contributed by atoms with Gasteiger partial charge in [-0.15, -0.1) is 0 Å². The van der Waals surface area contributed by atoms with Crippen molar-refractivity contribution in [1.29, 1.82) is 0 Å². The SMILES string of the molecule is CS(=O)(=O)c1ccc(Nc2ccnn2C2CCCCC2)cc1. The zero-order chi connectivity index (χ0) is 15.6. The molecule has 1 fully saturated rings. The molecular formula is C16H21N3O2S. The van der Waals surface area contributed by atoms with Gasteiger partial charge in [0.25, 0.3) is 0 Å². The fourth-order valence-electron chi connectivity index (χ4n) is 2.96. The fraction of sp³-hybridized carbons (Fsp3) is 0.438. The molecule has 0 saturated heterocycles. The van der Waals surface area contributed by atoms with Gasteiger partial charge in [0.2, 0.25) is 0 Å². The lowest BCUT2D eigenvalue weighted by molar-refractivity contribution is 0.333. The zero-order valence-electron chi connectivity index (χ0n) is 12.7. The van der Waals surface area contributed by atoms with E-state index in [4.69, 9.17) is 0 Å². The van der Waals surface area contributed by atoms with Crippen LogP contribution in [0.2, 0.25) is 0 Å². The van der Waals surface area contributed by atoms with E-state index in [1.54, 1.807) is 24.3 Å². The van der Waals surface area contributed by atoms with Gasteiger partial charge in [-0.2, -0.15) is 5.10 Å². The number of benzene rings is 1. The molecule has 1 N–H and O–H groups in total. The molecule has 0 aliphatic heterocycles.